The quantitative estimate of drug-likeness (QED) is 0.307. The zero-order valence-corrected chi connectivity index (χ0v) is 9.82. The SMILES string of the molecule is N[C@H]1C(O)O[C@H](CNC(=O)[C@@H]2CCN2)[C@@H](O)[C@@H]1O. The lowest BCUT2D eigenvalue weighted by atomic mass is 9.97. The molecule has 104 valence electrons. The van der Waals surface area contributed by atoms with Gasteiger partial charge in [0, 0.05) is 6.54 Å². The van der Waals surface area contributed by atoms with Crippen molar-refractivity contribution in [3.05, 3.63) is 0 Å². The Morgan fingerprint density at radius 1 is 1.39 bits per heavy atom. The van der Waals surface area contributed by atoms with Crippen LogP contribution in [0.1, 0.15) is 6.42 Å². The van der Waals surface area contributed by atoms with Gasteiger partial charge >= 0.3 is 0 Å². The Labute approximate surface area is 104 Å². The fourth-order valence-corrected chi connectivity index (χ4v) is 1.97. The molecular formula is C10H19N3O5. The number of nitrogens with one attached hydrogen (secondary N) is 2. The molecule has 2 rings (SSSR count). The van der Waals surface area contributed by atoms with Crippen LogP contribution in [0.25, 0.3) is 0 Å². The van der Waals surface area contributed by atoms with E-state index in [0.29, 0.717) is 0 Å². The minimum atomic E-state index is -1.35. The smallest absolute Gasteiger partial charge is 0.237 e. The van der Waals surface area contributed by atoms with E-state index in [1.54, 1.807) is 0 Å². The molecule has 6 atom stereocenters. The van der Waals surface area contributed by atoms with Gasteiger partial charge in [-0.05, 0) is 13.0 Å². The molecule has 18 heavy (non-hydrogen) atoms. The zero-order valence-electron chi connectivity index (χ0n) is 9.82. The molecule has 8 heteroatoms. The van der Waals surface area contributed by atoms with E-state index in [2.05, 4.69) is 10.6 Å². The second kappa shape index (κ2) is 5.47. The van der Waals surface area contributed by atoms with Crippen LogP contribution < -0.4 is 16.4 Å². The fraction of sp³-hybridized carbons (Fsp3) is 0.900. The molecule has 0 aromatic carbocycles. The molecule has 0 spiro atoms. The van der Waals surface area contributed by atoms with Crippen molar-refractivity contribution in [1.29, 1.82) is 0 Å². The van der Waals surface area contributed by atoms with E-state index in [9.17, 15) is 20.1 Å². The molecule has 0 aromatic heterocycles. The topological polar surface area (TPSA) is 137 Å². The molecule has 0 aliphatic carbocycles. The molecule has 2 saturated heterocycles. The number of ether oxygens (including phenoxy) is 1. The molecule has 2 fully saturated rings. The molecule has 1 amide bonds. The van der Waals surface area contributed by atoms with Gasteiger partial charge in [-0.1, -0.05) is 0 Å². The summed E-state index contributed by atoms with van der Waals surface area (Å²) in [5.74, 6) is -0.184. The van der Waals surface area contributed by atoms with E-state index in [0.717, 1.165) is 13.0 Å². The van der Waals surface area contributed by atoms with Crippen LogP contribution in [0, 0.1) is 0 Å². The van der Waals surface area contributed by atoms with Crippen LogP contribution in [0.2, 0.25) is 0 Å². The summed E-state index contributed by atoms with van der Waals surface area (Å²) < 4.78 is 5.05. The standard InChI is InChI=1S/C10H19N3O5/c11-6-8(15)7(14)5(18-10(6)17)3-13-9(16)4-1-2-12-4/h4-8,10,12,14-15,17H,1-3,11H2,(H,13,16)/t4-,5+,6+,7+,8+,10?/m0/s1. The summed E-state index contributed by atoms with van der Waals surface area (Å²) in [6.45, 7) is 0.825. The van der Waals surface area contributed by atoms with Gasteiger partial charge in [0.2, 0.25) is 5.91 Å². The van der Waals surface area contributed by atoms with Crippen molar-refractivity contribution < 1.29 is 24.9 Å². The first-order valence-electron chi connectivity index (χ1n) is 5.97. The van der Waals surface area contributed by atoms with Crippen LogP contribution in [-0.4, -0.2) is 71.0 Å². The van der Waals surface area contributed by atoms with Crippen LogP contribution in [0.15, 0.2) is 0 Å². The Kier molecular flexibility index (Phi) is 4.15. The number of rotatable bonds is 3. The van der Waals surface area contributed by atoms with Crippen LogP contribution in [0.4, 0.5) is 0 Å². The van der Waals surface area contributed by atoms with Crippen LogP contribution in [0.3, 0.4) is 0 Å². The number of carbonyl (C=O) groups is 1. The largest absolute Gasteiger partial charge is 0.388 e. The highest BCUT2D eigenvalue weighted by Crippen LogP contribution is 2.18. The maximum absolute atomic E-state index is 11.5. The van der Waals surface area contributed by atoms with Crippen molar-refractivity contribution in [3.63, 3.8) is 0 Å². The summed E-state index contributed by atoms with van der Waals surface area (Å²) in [5.41, 5.74) is 5.43. The van der Waals surface area contributed by atoms with Gasteiger partial charge in [-0.25, -0.2) is 0 Å². The Hall–Kier alpha value is -0.770. The summed E-state index contributed by atoms with van der Waals surface area (Å²) in [5, 5.41) is 34.2. The number of hydrogen-bond donors (Lipinski definition) is 6. The van der Waals surface area contributed by atoms with E-state index in [-0.39, 0.29) is 18.5 Å². The summed E-state index contributed by atoms with van der Waals surface area (Å²) in [7, 11) is 0. The second-order valence-electron chi connectivity index (χ2n) is 4.66. The van der Waals surface area contributed by atoms with Crippen molar-refractivity contribution in [2.75, 3.05) is 13.1 Å². The van der Waals surface area contributed by atoms with Crippen molar-refractivity contribution in [2.45, 2.75) is 43.1 Å². The highest BCUT2D eigenvalue weighted by molar-refractivity contribution is 5.82. The summed E-state index contributed by atoms with van der Waals surface area (Å²) >= 11 is 0. The molecule has 7 N–H and O–H groups in total. The van der Waals surface area contributed by atoms with Gasteiger partial charge in [-0.3, -0.25) is 4.79 Å². The monoisotopic (exact) mass is 261 g/mol. The van der Waals surface area contributed by atoms with E-state index in [1.807, 2.05) is 0 Å². The van der Waals surface area contributed by atoms with Gasteiger partial charge < -0.3 is 36.4 Å². The maximum atomic E-state index is 11.5. The van der Waals surface area contributed by atoms with E-state index < -0.39 is 30.6 Å². The van der Waals surface area contributed by atoms with Gasteiger partial charge in [0.1, 0.15) is 18.3 Å². The van der Waals surface area contributed by atoms with E-state index in [4.69, 9.17) is 10.5 Å². The third-order valence-electron chi connectivity index (χ3n) is 3.39. The first-order valence-corrected chi connectivity index (χ1v) is 5.97. The summed E-state index contributed by atoms with van der Waals surface area (Å²) in [6, 6.07) is -1.26. The average Bonchev–Trinajstić information content (AvgIpc) is 2.27. The zero-order chi connectivity index (χ0) is 13.3. The number of nitrogens with two attached hydrogens (primary N) is 1. The summed E-state index contributed by atoms with van der Waals surface area (Å²) in [4.78, 5) is 11.5. The fourth-order valence-electron chi connectivity index (χ4n) is 1.97. The minimum absolute atomic E-state index is 0.0129. The van der Waals surface area contributed by atoms with Gasteiger partial charge in [-0.2, -0.15) is 0 Å². The number of amides is 1. The van der Waals surface area contributed by atoms with Crippen molar-refractivity contribution in [3.8, 4) is 0 Å². The predicted octanol–water partition coefficient (Wildman–Crippen LogP) is -3.77. The first-order chi connectivity index (χ1) is 8.50. The summed E-state index contributed by atoms with van der Waals surface area (Å²) in [6.07, 6.45) is -3.97. The van der Waals surface area contributed by atoms with Crippen molar-refractivity contribution >= 4 is 5.91 Å². The van der Waals surface area contributed by atoms with Crippen LogP contribution in [0.5, 0.6) is 0 Å². The third-order valence-corrected chi connectivity index (χ3v) is 3.39. The third kappa shape index (κ3) is 2.63. The highest BCUT2D eigenvalue weighted by atomic mass is 16.6. The molecule has 8 nitrogen and oxygen atoms in total. The van der Waals surface area contributed by atoms with Gasteiger partial charge in [0.25, 0.3) is 0 Å². The Morgan fingerprint density at radius 2 is 2.06 bits per heavy atom. The van der Waals surface area contributed by atoms with Crippen molar-refractivity contribution in [1.82, 2.24) is 10.6 Å². The number of aliphatic hydroxyl groups excluding tert-OH is 3. The Balaban J connectivity index is 1.82. The van der Waals surface area contributed by atoms with E-state index in [1.165, 1.54) is 0 Å². The van der Waals surface area contributed by atoms with E-state index >= 15 is 0 Å². The van der Waals surface area contributed by atoms with Crippen molar-refractivity contribution in [2.24, 2.45) is 5.73 Å². The minimum Gasteiger partial charge on any atom is -0.388 e. The lowest BCUT2D eigenvalue weighted by molar-refractivity contribution is -0.240. The lowest BCUT2D eigenvalue weighted by Crippen LogP contribution is -2.63. The molecule has 2 aliphatic rings. The maximum Gasteiger partial charge on any atom is 0.237 e. The second-order valence-corrected chi connectivity index (χ2v) is 4.66. The molecule has 0 bridgehead atoms. The predicted molar refractivity (Wildman–Crippen MR) is 60.3 cm³/mol. The van der Waals surface area contributed by atoms with Gasteiger partial charge in [0.05, 0.1) is 12.1 Å². The first kappa shape index (κ1) is 13.7. The number of carbonyl (C=O) groups excluding carboxylic acids is 1. The molecule has 2 heterocycles. The normalized spacial score (nSPS) is 44.2. The van der Waals surface area contributed by atoms with Gasteiger partial charge in [0.15, 0.2) is 6.29 Å². The number of hydrogen-bond acceptors (Lipinski definition) is 7. The Morgan fingerprint density at radius 3 is 2.61 bits per heavy atom. The lowest BCUT2D eigenvalue weighted by Gasteiger charge is -2.39. The molecule has 0 radical (unpaired) electrons. The molecule has 2 aliphatic heterocycles. The van der Waals surface area contributed by atoms with Crippen LogP contribution in [-0.2, 0) is 9.53 Å². The average molecular weight is 261 g/mol. The van der Waals surface area contributed by atoms with Crippen LogP contribution >= 0.6 is 0 Å². The Bertz CT molecular complexity index is 312. The highest BCUT2D eigenvalue weighted by Gasteiger charge is 2.42. The van der Waals surface area contributed by atoms with Gasteiger partial charge in [-0.15, -0.1) is 0 Å². The molecule has 1 unspecified atom stereocenters. The number of aliphatic hydroxyl groups is 3. The molecule has 0 saturated carbocycles. The molecule has 0 aromatic rings. The molecular weight excluding hydrogens is 242 g/mol.